The molecule has 5 nitrogen and oxygen atoms in total. The van der Waals surface area contributed by atoms with Gasteiger partial charge in [-0.3, -0.25) is 4.79 Å². The number of hydrogen-bond acceptors (Lipinski definition) is 3. The lowest BCUT2D eigenvalue weighted by Crippen LogP contribution is -2.35. The number of benzene rings is 2. The Hall–Kier alpha value is -3.50. The van der Waals surface area contributed by atoms with Crippen LogP contribution in [0.5, 0.6) is 0 Å². The average molecular weight is 468 g/mol. The van der Waals surface area contributed by atoms with Gasteiger partial charge in [0, 0.05) is 18.2 Å². The van der Waals surface area contributed by atoms with E-state index in [1.807, 2.05) is 6.92 Å². The first-order chi connectivity index (χ1) is 15.4. The second kappa shape index (κ2) is 8.13. The van der Waals surface area contributed by atoms with Crippen LogP contribution in [0.25, 0.3) is 0 Å². The van der Waals surface area contributed by atoms with Crippen molar-refractivity contribution in [2.24, 2.45) is 0 Å². The molecule has 33 heavy (non-hydrogen) atoms. The van der Waals surface area contributed by atoms with Crippen molar-refractivity contribution in [2.75, 3.05) is 10.6 Å². The number of carbonyl (C=O) groups is 1. The van der Waals surface area contributed by atoms with Crippen molar-refractivity contribution < 1.29 is 31.1 Å². The summed E-state index contributed by atoms with van der Waals surface area (Å²) in [7, 11) is 0. The van der Waals surface area contributed by atoms with Gasteiger partial charge in [0.2, 0.25) is 0 Å². The first kappa shape index (κ1) is 22.7. The van der Waals surface area contributed by atoms with Gasteiger partial charge in [0.1, 0.15) is 5.82 Å². The van der Waals surface area contributed by atoms with Gasteiger partial charge < -0.3 is 10.6 Å². The summed E-state index contributed by atoms with van der Waals surface area (Å²) < 4.78 is 80.8. The number of aromatic nitrogens is 2. The van der Waals surface area contributed by atoms with E-state index in [-0.39, 0.29) is 23.6 Å². The third kappa shape index (κ3) is 4.81. The number of rotatable bonds is 3. The molecule has 3 aromatic rings. The molecule has 0 radical (unpaired) electrons. The zero-order chi connectivity index (χ0) is 24.0. The first-order valence-corrected chi connectivity index (χ1v) is 9.90. The number of aryl methyl sites for hydroxylation is 1. The molecular formula is C22H18F6N4O. The molecule has 0 spiro atoms. The molecule has 174 valence electrons. The maximum atomic E-state index is 13.8. The van der Waals surface area contributed by atoms with Crippen LogP contribution in [-0.2, 0) is 6.18 Å². The average Bonchev–Trinajstić information content (AvgIpc) is 3.17. The Labute approximate surface area is 184 Å². The summed E-state index contributed by atoms with van der Waals surface area (Å²) >= 11 is 0. The Morgan fingerprint density at radius 2 is 1.76 bits per heavy atom. The molecule has 2 aromatic carbocycles. The highest BCUT2D eigenvalue weighted by molar-refractivity contribution is 6.03. The van der Waals surface area contributed by atoms with Crippen LogP contribution in [0.15, 0.2) is 54.6 Å². The smallest absolute Gasteiger partial charge is 0.363 e. The molecule has 2 atom stereocenters. The van der Waals surface area contributed by atoms with E-state index in [0.717, 1.165) is 29.8 Å². The van der Waals surface area contributed by atoms with Gasteiger partial charge in [-0.25, -0.2) is 4.68 Å². The van der Waals surface area contributed by atoms with Gasteiger partial charge in [-0.05, 0) is 30.7 Å². The summed E-state index contributed by atoms with van der Waals surface area (Å²) in [5, 5.41) is 9.04. The highest BCUT2D eigenvalue weighted by Gasteiger charge is 2.46. The van der Waals surface area contributed by atoms with E-state index in [0.29, 0.717) is 10.2 Å². The number of fused-ring (bicyclic) bond motifs is 1. The third-order valence-corrected chi connectivity index (χ3v) is 5.35. The van der Waals surface area contributed by atoms with E-state index in [1.165, 1.54) is 6.07 Å². The van der Waals surface area contributed by atoms with E-state index in [4.69, 9.17) is 0 Å². The molecule has 0 bridgehead atoms. The van der Waals surface area contributed by atoms with Gasteiger partial charge >= 0.3 is 12.4 Å². The number of nitrogens with zero attached hydrogens (tertiary/aromatic N) is 2. The van der Waals surface area contributed by atoms with Crippen LogP contribution in [0.4, 0.5) is 37.8 Å². The van der Waals surface area contributed by atoms with Crippen molar-refractivity contribution in [1.29, 1.82) is 0 Å². The van der Waals surface area contributed by atoms with Crippen LogP contribution in [0.1, 0.15) is 45.7 Å². The molecule has 0 saturated carbocycles. The van der Waals surface area contributed by atoms with Crippen molar-refractivity contribution in [3.63, 3.8) is 0 Å². The normalized spacial score (nSPS) is 18.4. The van der Waals surface area contributed by atoms with Gasteiger partial charge in [0.25, 0.3) is 5.91 Å². The number of amides is 1. The zero-order valence-corrected chi connectivity index (χ0v) is 17.1. The van der Waals surface area contributed by atoms with E-state index in [9.17, 15) is 31.1 Å². The van der Waals surface area contributed by atoms with Gasteiger partial charge in [0.05, 0.1) is 11.6 Å². The highest BCUT2D eigenvalue weighted by atomic mass is 19.4. The third-order valence-electron chi connectivity index (χ3n) is 5.35. The van der Waals surface area contributed by atoms with Crippen molar-refractivity contribution in [1.82, 2.24) is 9.78 Å². The fourth-order valence-corrected chi connectivity index (χ4v) is 3.67. The Balaban J connectivity index is 1.62. The van der Waals surface area contributed by atoms with E-state index >= 15 is 0 Å². The summed E-state index contributed by atoms with van der Waals surface area (Å²) in [5.41, 5.74) is 0.134. The predicted molar refractivity (Wildman–Crippen MR) is 109 cm³/mol. The van der Waals surface area contributed by atoms with Gasteiger partial charge in [-0.1, -0.05) is 35.9 Å². The minimum Gasteiger partial charge on any atom is -0.363 e. The van der Waals surface area contributed by atoms with Crippen molar-refractivity contribution in [2.45, 2.75) is 37.8 Å². The van der Waals surface area contributed by atoms with E-state index in [1.54, 1.807) is 24.3 Å². The molecule has 11 heteroatoms. The number of anilines is 2. The fraction of sp³-hybridized carbons (Fsp3) is 0.273. The molecule has 2 heterocycles. The Kier molecular flexibility index (Phi) is 5.59. The summed E-state index contributed by atoms with van der Waals surface area (Å²) in [5.74, 6) is -0.936. The maximum absolute atomic E-state index is 13.8. The minimum atomic E-state index is -4.62. The summed E-state index contributed by atoms with van der Waals surface area (Å²) in [6, 6.07) is 9.49. The topological polar surface area (TPSA) is 59.0 Å². The molecule has 0 saturated heterocycles. The molecule has 0 fully saturated rings. The standard InChI is InChI=1S/C22H18F6N4O/c1-12-5-7-13(8-6-12)16-10-18(22(26,27)28)32-19(30-16)11-17(31-32)20(33)29-15-4-2-3-14(9-15)21(23,24)25/h2-9,11,16,18,30H,10H2,1H3,(H,29,33). The summed E-state index contributed by atoms with van der Waals surface area (Å²) in [4.78, 5) is 12.6. The molecule has 1 aliphatic rings. The largest absolute Gasteiger partial charge is 0.416 e. The fourth-order valence-electron chi connectivity index (χ4n) is 3.67. The summed E-state index contributed by atoms with van der Waals surface area (Å²) in [6.07, 6.45) is -9.57. The van der Waals surface area contributed by atoms with Gasteiger partial charge in [-0.15, -0.1) is 0 Å². The second-order valence-electron chi connectivity index (χ2n) is 7.79. The molecule has 1 aliphatic heterocycles. The predicted octanol–water partition coefficient (Wildman–Crippen LogP) is 6.12. The van der Waals surface area contributed by atoms with Gasteiger partial charge in [0.15, 0.2) is 11.7 Å². The van der Waals surface area contributed by atoms with Crippen LogP contribution in [-0.4, -0.2) is 21.9 Å². The number of hydrogen-bond donors (Lipinski definition) is 2. The molecule has 2 unspecified atom stereocenters. The van der Waals surface area contributed by atoms with Crippen LogP contribution < -0.4 is 10.6 Å². The van der Waals surface area contributed by atoms with Crippen LogP contribution >= 0.6 is 0 Å². The van der Waals surface area contributed by atoms with Crippen molar-refractivity contribution in [3.8, 4) is 0 Å². The monoisotopic (exact) mass is 468 g/mol. The summed E-state index contributed by atoms with van der Waals surface area (Å²) in [6.45, 7) is 1.86. The number of alkyl halides is 6. The number of carbonyl (C=O) groups excluding carboxylic acids is 1. The van der Waals surface area contributed by atoms with E-state index < -0.39 is 35.9 Å². The molecule has 1 amide bonds. The lowest BCUT2D eigenvalue weighted by Gasteiger charge is -2.33. The van der Waals surface area contributed by atoms with Crippen LogP contribution in [0.2, 0.25) is 0 Å². The molecule has 2 N–H and O–H groups in total. The Morgan fingerprint density at radius 1 is 1.06 bits per heavy atom. The van der Waals surface area contributed by atoms with Gasteiger partial charge in [-0.2, -0.15) is 31.4 Å². The quantitative estimate of drug-likeness (QED) is 0.455. The lowest BCUT2D eigenvalue weighted by molar-refractivity contribution is -0.173. The molecular weight excluding hydrogens is 450 g/mol. The van der Waals surface area contributed by atoms with Crippen LogP contribution in [0, 0.1) is 6.92 Å². The Morgan fingerprint density at radius 3 is 2.39 bits per heavy atom. The SMILES string of the molecule is Cc1ccc(C2CC(C(F)(F)F)n3nc(C(=O)Nc4cccc(C(F)(F)F)c4)cc3N2)cc1. The zero-order valence-electron chi connectivity index (χ0n) is 17.1. The van der Waals surface area contributed by atoms with Crippen LogP contribution in [0.3, 0.4) is 0 Å². The van der Waals surface area contributed by atoms with Crippen molar-refractivity contribution in [3.05, 3.63) is 77.0 Å². The number of halogens is 6. The first-order valence-electron chi connectivity index (χ1n) is 9.90. The lowest BCUT2D eigenvalue weighted by atomic mass is 9.96. The highest BCUT2D eigenvalue weighted by Crippen LogP contribution is 2.43. The molecule has 0 aliphatic carbocycles. The second-order valence-corrected chi connectivity index (χ2v) is 7.79. The Bertz CT molecular complexity index is 1170. The molecule has 4 rings (SSSR count). The van der Waals surface area contributed by atoms with Crippen molar-refractivity contribution >= 4 is 17.4 Å². The van der Waals surface area contributed by atoms with E-state index in [2.05, 4.69) is 15.7 Å². The maximum Gasteiger partial charge on any atom is 0.416 e. The minimum absolute atomic E-state index is 0.0108. The number of nitrogens with one attached hydrogen (secondary N) is 2. The molecule has 1 aromatic heterocycles.